The summed E-state index contributed by atoms with van der Waals surface area (Å²) in [5, 5.41) is 3.47. The van der Waals surface area contributed by atoms with Gasteiger partial charge in [0.25, 0.3) is 0 Å². The smallest absolute Gasteiger partial charge is 0.238 e. The van der Waals surface area contributed by atoms with Crippen LogP contribution >= 0.6 is 0 Å². The second-order valence-corrected chi connectivity index (χ2v) is 6.32. The number of nitrogens with two attached hydrogens (primary N) is 1. The molecule has 0 aliphatic heterocycles. The lowest BCUT2D eigenvalue weighted by Gasteiger charge is -2.36. The minimum absolute atomic E-state index is 0.165. The third-order valence-electron chi connectivity index (χ3n) is 4.27. The summed E-state index contributed by atoms with van der Waals surface area (Å²) in [6.45, 7) is 8.54. The van der Waals surface area contributed by atoms with E-state index in [4.69, 9.17) is 5.73 Å². The van der Waals surface area contributed by atoms with Crippen molar-refractivity contribution < 1.29 is 4.79 Å². The Morgan fingerprint density at radius 3 is 2.68 bits per heavy atom. The topological polar surface area (TPSA) is 58.4 Å². The lowest BCUT2D eigenvalue weighted by molar-refractivity contribution is -0.126. The molecule has 0 spiro atoms. The lowest BCUT2D eigenvalue weighted by atomic mass is 9.83. The largest absolute Gasteiger partial charge is 0.368 e. The molecule has 2 unspecified atom stereocenters. The zero-order valence-corrected chi connectivity index (χ0v) is 13.0. The van der Waals surface area contributed by atoms with Crippen LogP contribution in [-0.4, -0.2) is 42.5 Å². The van der Waals surface area contributed by atoms with Crippen molar-refractivity contribution in [1.29, 1.82) is 0 Å². The zero-order chi connectivity index (χ0) is 14.5. The predicted molar refractivity (Wildman–Crippen MR) is 79.9 cm³/mol. The SMILES string of the molecule is CCCN(C)CCC1CCCC1(NC(C)C)C(N)=O. The van der Waals surface area contributed by atoms with E-state index in [0.717, 1.165) is 38.8 Å². The first-order valence-corrected chi connectivity index (χ1v) is 7.68. The van der Waals surface area contributed by atoms with E-state index in [1.165, 1.54) is 6.42 Å². The van der Waals surface area contributed by atoms with Gasteiger partial charge >= 0.3 is 0 Å². The van der Waals surface area contributed by atoms with Gasteiger partial charge in [0, 0.05) is 6.04 Å². The molecule has 1 aliphatic rings. The van der Waals surface area contributed by atoms with Crippen LogP contribution in [0, 0.1) is 5.92 Å². The Kier molecular flexibility index (Phi) is 6.27. The lowest BCUT2D eigenvalue weighted by Crippen LogP contribution is -2.60. The fourth-order valence-corrected chi connectivity index (χ4v) is 3.44. The van der Waals surface area contributed by atoms with E-state index in [-0.39, 0.29) is 5.91 Å². The maximum atomic E-state index is 12.0. The monoisotopic (exact) mass is 269 g/mol. The third kappa shape index (κ3) is 4.18. The van der Waals surface area contributed by atoms with Crippen LogP contribution in [0.5, 0.6) is 0 Å². The molecule has 0 saturated heterocycles. The number of nitrogens with one attached hydrogen (secondary N) is 1. The highest BCUT2D eigenvalue weighted by Gasteiger charge is 2.47. The first kappa shape index (κ1) is 16.4. The van der Waals surface area contributed by atoms with Crippen molar-refractivity contribution >= 4 is 5.91 Å². The minimum atomic E-state index is -0.471. The molecule has 0 radical (unpaired) electrons. The maximum absolute atomic E-state index is 12.0. The van der Waals surface area contributed by atoms with Crippen molar-refractivity contribution in [1.82, 2.24) is 10.2 Å². The number of primary amides is 1. The van der Waals surface area contributed by atoms with Gasteiger partial charge < -0.3 is 16.0 Å². The molecule has 0 aromatic rings. The van der Waals surface area contributed by atoms with Crippen LogP contribution in [0.4, 0.5) is 0 Å². The molecule has 2 atom stereocenters. The number of amides is 1. The fraction of sp³-hybridized carbons (Fsp3) is 0.933. The van der Waals surface area contributed by atoms with Crippen LogP contribution in [0.2, 0.25) is 0 Å². The summed E-state index contributed by atoms with van der Waals surface area (Å²) in [5.41, 5.74) is 5.25. The number of nitrogens with zero attached hydrogens (tertiary/aromatic N) is 1. The standard InChI is InChI=1S/C15H31N3O/c1-5-10-18(4)11-8-13-7-6-9-15(13,14(16)19)17-12(2)3/h12-13,17H,5-11H2,1-4H3,(H2,16,19). The van der Waals surface area contributed by atoms with Crippen LogP contribution < -0.4 is 11.1 Å². The molecule has 1 fully saturated rings. The van der Waals surface area contributed by atoms with E-state index >= 15 is 0 Å². The van der Waals surface area contributed by atoms with Gasteiger partial charge in [-0.15, -0.1) is 0 Å². The van der Waals surface area contributed by atoms with E-state index in [2.05, 4.69) is 38.0 Å². The van der Waals surface area contributed by atoms with Gasteiger partial charge in [-0.2, -0.15) is 0 Å². The summed E-state index contributed by atoms with van der Waals surface area (Å²) in [7, 11) is 2.15. The molecule has 4 nitrogen and oxygen atoms in total. The molecule has 1 amide bonds. The van der Waals surface area contributed by atoms with Gasteiger partial charge in [-0.1, -0.05) is 13.3 Å². The molecule has 1 rings (SSSR count). The van der Waals surface area contributed by atoms with Crippen LogP contribution in [0.3, 0.4) is 0 Å². The summed E-state index contributed by atoms with van der Waals surface area (Å²) in [6, 6.07) is 0.293. The minimum Gasteiger partial charge on any atom is -0.368 e. The molecule has 0 aromatic carbocycles. The highest BCUT2D eigenvalue weighted by molar-refractivity contribution is 5.85. The average Bonchev–Trinajstić information content (AvgIpc) is 2.70. The predicted octanol–water partition coefficient (Wildman–Crippen LogP) is 1.74. The highest BCUT2D eigenvalue weighted by atomic mass is 16.1. The summed E-state index contributed by atoms with van der Waals surface area (Å²) >= 11 is 0. The number of rotatable bonds is 8. The van der Waals surface area contributed by atoms with Crippen molar-refractivity contribution in [3.8, 4) is 0 Å². The van der Waals surface area contributed by atoms with Crippen LogP contribution in [-0.2, 0) is 4.79 Å². The van der Waals surface area contributed by atoms with Gasteiger partial charge in [-0.25, -0.2) is 0 Å². The summed E-state index contributed by atoms with van der Waals surface area (Å²) in [6.07, 6.45) is 5.33. The molecule has 112 valence electrons. The quantitative estimate of drug-likeness (QED) is 0.705. The molecule has 1 saturated carbocycles. The molecular formula is C15H31N3O. The summed E-state index contributed by atoms with van der Waals surface area (Å²) < 4.78 is 0. The van der Waals surface area contributed by atoms with Gasteiger partial charge in [-0.3, -0.25) is 4.79 Å². The maximum Gasteiger partial charge on any atom is 0.238 e. The first-order valence-electron chi connectivity index (χ1n) is 7.68. The van der Waals surface area contributed by atoms with Gasteiger partial charge in [0.2, 0.25) is 5.91 Å². The van der Waals surface area contributed by atoms with Gasteiger partial charge in [-0.05, 0) is 65.6 Å². The highest BCUT2D eigenvalue weighted by Crippen LogP contribution is 2.38. The van der Waals surface area contributed by atoms with Crippen molar-refractivity contribution in [3.05, 3.63) is 0 Å². The number of carbonyl (C=O) groups is 1. The van der Waals surface area contributed by atoms with Crippen LogP contribution in [0.25, 0.3) is 0 Å². The molecule has 1 aliphatic carbocycles. The van der Waals surface area contributed by atoms with E-state index < -0.39 is 5.54 Å². The van der Waals surface area contributed by atoms with E-state index in [9.17, 15) is 4.79 Å². The van der Waals surface area contributed by atoms with Crippen LogP contribution in [0.1, 0.15) is 52.9 Å². The van der Waals surface area contributed by atoms with Gasteiger partial charge in [0.1, 0.15) is 5.54 Å². The number of hydrogen-bond acceptors (Lipinski definition) is 3. The van der Waals surface area contributed by atoms with Crippen molar-refractivity contribution in [2.24, 2.45) is 11.7 Å². The molecule has 0 bridgehead atoms. The molecule has 0 aromatic heterocycles. The van der Waals surface area contributed by atoms with Gasteiger partial charge in [0.05, 0.1) is 0 Å². The van der Waals surface area contributed by atoms with Crippen molar-refractivity contribution in [2.75, 3.05) is 20.1 Å². The normalized spacial score (nSPS) is 27.4. The Balaban J connectivity index is 2.66. The summed E-state index contributed by atoms with van der Waals surface area (Å²) in [5.74, 6) is 0.216. The molecule has 19 heavy (non-hydrogen) atoms. The summed E-state index contributed by atoms with van der Waals surface area (Å²) in [4.78, 5) is 14.3. The Morgan fingerprint density at radius 1 is 1.47 bits per heavy atom. The van der Waals surface area contributed by atoms with E-state index in [0.29, 0.717) is 12.0 Å². The molecule has 3 N–H and O–H groups in total. The second-order valence-electron chi connectivity index (χ2n) is 6.32. The Bertz CT molecular complexity index is 293. The van der Waals surface area contributed by atoms with Crippen molar-refractivity contribution in [2.45, 2.75) is 64.5 Å². The molecule has 0 heterocycles. The Hall–Kier alpha value is -0.610. The molecule has 4 heteroatoms. The Labute approximate surface area is 118 Å². The van der Waals surface area contributed by atoms with Crippen molar-refractivity contribution in [3.63, 3.8) is 0 Å². The van der Waals surface area contributed by atoms with Gasteiger partial charge in [0.15, 0.2) is 0 Å². The molecular weight excluding hydrogens is 238 g/mol. The number of hydrogen-bond donors (Lipinski definition) is 2. The first-order chi connectivity index (χ1) is 8.92. The Morgan fingerprint density at radius 2 is 2.16 bits per heavy atom. The number of carbonyl (C=O) groups excluding carboxylic acids is 1. The van der Waals surface area contributed by atoms with E-state index in [1.807, 2.05) is 0 Å². The van der Waals surface area contributed by atoms with Crippen LogP contribution in [0.15, 0.2) is 0 Å². The third-order valence-corrected chi connectivity index (χ3v) is 4.27. The second kappa shape index (κ2) is 7.25. The zero-order valence-electron chi connectivity index (χ0n) is 13.0. The van der Waals surface area contributed by atoms with E-state index in [1.54, 1.807) is 0 Å². The average molecular weight is 269 g/mol. The fourth-order valence-electron chi connectivity index (χ4n) is 3.44.